The number of hydrogen-bond acceptors (Lipinski definition) is 4. The maximum atomic E-state index is 11.1. The number of thiophene rings is 1. The van der Waals surface area contributed by atoms with Gasteiger partial charge in [0.1, 0.15) is 0 Å². The van der Waals surface area contributed by atoms with Crippen molar-refractivity contribution < 1.29 is 14.4 Å². The second-order valence-electron chi connectivity index (χ2n) is 2.38. The summed E-state index contributed by atoms with van der Waals surface area (Å²) < 4.78 is 0. The molecule has 0 unspecified atom stereocenters. The van der Waals surface area contributed by atoms with E-state index in [0.717, 1.165) is 4.90 Å². The first kappa shape index (κ1) is 7.93. The van der Waals surface area contributed by atoms with E-state index in [1.165, 1.54) is 11.3 Å². The van der Waals surface area contributed by atoms with Crippen molar-refractivity contribution >= 4 is 34.9 Å². The molecule has 4 amide bonds. The minimum Gasteiger partial charge on any atom is -0.269 e. The number of carbonyl (C=O) groups excluding carboxylic acids is 3. The fraction of sp³-hybridized carbons (Fsp3) is 0. The molecule has 1 aromatic heterocycles. The highest BCUT2D eigenvalue weighted by Crippen LogP contribution is 2.20. The number of imide groups is 2. The summed E-state index contributed by atoms with van der Waals surface area (Å²) in [5, 5.41) is 5.25. The summed E-state index contributed by atoms with van der Waals surface area (Å²) in [4.78, 5) is 33.8. The molecule has 0 aromatic carbocycles. The molecule has 66 valence electrons. The molecule has 0 spiro atoms. The van der Waals surface area contributed by atoms with Gasteiger partial charge in [0.15, 0.2) is 0 Å². The van der Waals surface area contributed by atoms with Gasteiger partial charge in [-0.2, -0.15) is 11.3 Å². The van der Waals surface area contributed by atoms with Gasteiger partial charge in [-0.3, -0.25) is 14.9 Å². The summed E-state index contributed by atoms with van der Waals surface area (Å²) >= 11 is 1.35. The lowest BCUT2D eigenvalue weighted by atomic mass is 10.4. The lowest BCUT2D eigenvalue weighted by Gasteiger charge is -2.06. The second-order valence-corrected chi connectivity index (χ2v) is 3.16. The molecule has 13 heavy (non-hydrogen) atoms. The van der Waals surface area contributed by atoms with Gasteiger partial charge in [0.2, 0.25) is 0 Å². The Morgan fingerprint density at radius 3 is 2.54 bits per heavy atom. The van der Waals surface area contributed by atoms with Crippen LogP contribution >= 0.6 is 11.3 Å². The van der Waals surface area contributed by atoms with Crippen LogP contribution in [0.3, 0.4) is 0 Å². The number of carbonyl (C=O) groups is 3. The molecule has 2 rings (SSSR count). The van der Waals surface area contributed by atoms with Crippen LogP contribution in [0, 0.1) is 0 Å². The molecular weight excluding hydrogens is 192 g/mol. The van der Waals surface area contributed by atoms with E-state index in [4.69, 9.17) is 0 Å². The molecule has 6 heteroatoms. The average Bonchev–Trinajstić information content (AvgIpc) is 2.63. The summed E-state index contributed by atoms with van der Waals surface area (Å²) in [6.07, 6.45) is 0. The van der Waals surface area contributed by atoms with Crippen LogP contribution < -0.4 is 10.2 Å². The van der Waals surface area contributed by atoms with E-state index in [1.54, 1.807) is 16.8 Å². The van der Waals surface area contributed by atoms with E-state index in [9.17, 15) is 14.4 Å². The number of anilines is 1. The fourth-order valence-electron chi connectivity index (χ4n) is 1.02. The Balaban J connectivity index is 2.40. The molecular formula is C7H4N2O3S. The highest BCUT2D eigenvalue weighted by molar-refractivity contribution is 7.08. The van der Waals surface area contributed by atoms with Crippen molar-refractivity contribution in [2.24, 2.45) is 0 Å². The Hall–Kier alpha value is -1.69. The lowest BCUT2D eigenvalue weighted by molar-refractivity contribution is -0.134. The monoisotopic (exact) mass is 196 g/mol. The van der Waals surface area contributed by atoms with Crippen LogP contribution in [-0.2, 0) is 9.59 Å². The Morgan fingerprint density at radius 2 is 2.08 bits per heavy atom. The number of urea groups is 1. The van der Waals surface area contributed by atoms with E-state index in [0.29, 0.717) is 5.69 Å². The van der Waals surface area contributed by atoms with Crippen LogP contribution in [0.2, 0.25) is 0 Å². The lowest BCUT2D eigenvalue weighted by Crippen LogP contribution is -2.30. The van der Waals surface area contributed by atoms with Gasteiger partial charge in [0, 0.05) is 5.38 Å². The first-order valence-corrected chi connectivity index (χ1v) is 4.36. The van der Waals surface area contributed by atoms with Gasteiger partial charge < -0.3 is 0 Å². The first-order valence-electron chi connectivity index (χ1n) is 3.42. The van der Waals surface area contributed by atoms with Crippen molar-refractivity contribution in [1.29, 1.82) is 0 Å². The molecule has 1 aromatic rings. The molecule has 0 aliphatic carbocycles. The number of hydrogen-bond donors (Lipinski definition) is 1. The maximum absolute atomic E-state index is 11.1. The number of amides is 4. The molecule has 0 saturated carbocycles. The van der Waals surface area contributed by atoms with E-state index < -0.39 is 17.8 Å². The van der Waals surface area contributed by atoms with Crippen molar-refractivity contribution in [2.75, 3.05) is 4.90 Å². The smallest absolute Gasteiger partial charge is 0.269 e. The summed E-state index contributed by atoms with van der Waals surface area (Å²) in [7, 11) is 0. The molecule has 0 radical (unpaired) electrons. The first-order chi connectivity index (χ1) is 6.20. The van der Waals surface area contributed by atoms with Crippen molar-refractivity contribution in [3.63, 3.8) is 0 Å². The molecule has 1 aliphatic heterocycles. The molecule has 1 fully saturated rings. The summed E-state index contributed by atoms with van der Waals surface area (Å²) in [5.74, 6) is -1.71. The minimum atomic E-state index is -0.879. The average molecular weight is 196 g/mol. The van der Waals surface area contributed by atoms with Crippen molar-refractivity contribution in [3.05, 3.63) is 16.8 Å². The molecule has 5 nitrogen and oxygen atoms in total. The van der Waals surface area contributed by atoms with Gasteiger partial charge in [-0.05, 0) is 11.4 Å². The zero-order chi connectivity index (χ0) is 9.42. The predicted octanol–water partition coefficient (Wildman–Crippen LogP) is 0.331. The van der Waals surface area contributed by atoms with Crippen LogP contribution in [0.1, 0.15) is 0 Å². The van der Waals surface area contributed by atoms with Gasteiger partial charge in [-0.1, -0.05) is 0 Å². The number of rotatable bonds is 1. The highest BCUT2D eigenvalue weighted by atomic mass is 32.1. The third-order valence-electron chi connectivity index (χ3n) is 1.59. The van der Waals surface area contributed by atoms with Crippen molar-refractivity contribution in [3.8, 4) is 0 Å². The predicted molar refractivity (Wildman–Crippen MR) is 45.3 cm³/mol. The second kappa shape index (κ2) is 2.67. The zero-order valence-electron chi connectivity index (χ0n) is 6.31. The van der Waals surface area contributed by atoms with Gasteiger partial charge in [0.25, 0.3) is 0 Å². The van der Waals surface area contributed by atoms with Gasteiger partial charge in [-0.25, -0.2) is 9.69 Å². The standard InChI is InChI=1S/C7H4N2O3S/c10-5-6(11)9(7(12)8-5)4-1-2-13-3-4/h1-3H,(H,8,10,12). The Bertz CT molecular complexity index is 384. The van der Waals surface area contributed by atoms with Crippen LogP contribution in [0.25, 0.3) is 0 Å². The van der Waals surface area contributed by atoms with E-state index >= 15 is 0 Å². The fourth-order valence-corrected chi connectivity index (χ4v) is 1.64. The SMILES string of the molecule is O=C1NC(=O)N(c2ccsc2)C1=O. The van der Waals surface area contributed by atoms with Crippen molar-refractivity contribution in [1.82, 2.24) is 5.32 Å². The molecule has 0 bridgehead atoms. The quantitative estimate of drug-likeness (QED) is 0.520. The van der Waals surface area contributed by atoms with Crippen LogP contribution in [0.15, 0.2) is 16.8 Å². The van der Waals surface area contributed by atoms with Gasteiger partial charge in [0.05, 0.1) is 5.69 Å². The third kappa shape index (κ3) is 1.11. The van der Waals surface area contributed by atoms with E-state index in [-0.39, 0.29) is 0 Å². The van der Waals surface area contributed by atoms with Crippen molar-refractivity contribution in [2.45, 2.75) is 0 Å². The third-order valence-corrected chi connectivity index (χ3v) is 2.26. The highest BCUT2D eigenvalue weighted by Gasteiger charge is 2.37. The van der Waals surface area contributed by atoms with Gasteiger partial charge >= 0.3 is 17.8 Å². The Morgan fingerprint density at radius 1 is 1.31 bits per heavy atom. The maximum Gasteiger partial charge on any atom is 0.336 e. The topological polar surface area (TPSA) is 66.5 Å². The Labute approximate surface area is 77.0 Å². The molecule has 1 aliphatic rings. The molecule has 0 atom stereocenters. The van der Waals surface area contributed by atoms with E-state index in [1.807, 2.05) is 5.32 Å². The largest absolute Gasteiger partial charge is 0.336 e. The summed E-state index contributed by atoms with van der Waals surface area (Å²) in [5.41, 5.74) is 0.429. The normalized spacial score (nSPS) is 16.6. The molecule has 2 heterocycles. The molecule has 1 N–H and O–H groups in total. The van der Waals surface area contributed by atoms with E-state index in [2.05, 4.69) is 0 Å². The van der Waals surface area contributed by atoms with Crippen LogP contribution in [-0.4, -0.2) is 17.8 Å². The van der Waals surface area contributed by atoms with Crippen LogP contribution in [0.5, 0.6) is 0 Å². The summed E-state index contributed by atoms with van der Waals surface area (Å²) in [6, 6.07) is 0.911. The van der Waals surface area contributed by atoms with Gasteiger partial charge in [-0.15, -0.1) is 0 Å². The number of nitrogens with zero attached hydrogens (tertiary/aromatic N) is 1. The van der Waals surface area contributed by atoms with Crippen LogP contribution in [0.4, 0.5) is 10.5 Å². The Kier molecular flexibility index (Phi) is 1.63. The zero-order valence-corrected chi connectivity index (χ0v) is 7.13. The summed E-state index contributed by atoms with van der Waals surface area (Å²) in [6.45, 7) is 0. The minimum absolute atomic E-state index is 0.429. The molecule has 1 saturated heterocycles. The number of nitrogens with one attached hydrogen (secondary N) is 1.